The lowest BCUT2D eigenvalue weighted by Crippen LogP contribution is -2.53. The molecular formula is C36H40ClN3O5S. The van der Waals surface area contributed by atoms with Gasteiger partial charge in [0.1, 0.15) is 18.3 Å². The SMILES string of the molecule is COc1cccc(CN(C(=O)CN(c2ccc(Cl)cc2C)S(=O)(=O)c2ccccc2)[C@H](Cc2ccccc2)C(=O)NCC(C)C)c1. The van der Waals surface area contributed by atoms with Gasteiger partial charge in [0.05, 0.1) is 17.7 Å². The molecule has 0 fully saturated rings. The molecule has 8 nitrogen and oxygen atoms in total. The quantitative estimate of drug-likeness (QED) is 0.172. The van der Waals surface area contributed by atoms with Crippen molar-refractivity contribution in [2.75, 3.05) is 24.5 Å². The monoisotopic (exact) mass is 661 g/mol. The Hall–Kier alpha value is -4.34. The molecule has 46 heavy (non-hydrogen) atoms. The van der Waals surface area contributed by atoms with Crippen LogP contribution in [0, 0.1) is 12.8 Å². The highest BCUT2D eigenvalue weighted by molar-refractivity contribution is 7.92. The van der Waals surface area contributed by atoms with Crippen LogP contribution in [0.3, 0.4) is 0 Å². The molecule has 2 amide bonds. The Bertz CT molecular complexity index is 1730. The van der Waals surface area contributed by atoms with Gasteiger partial charge in [0, 0.05) is 24.5 Å². The summed E-state index contributed by atoms with van der Waals surface area (Å²) in [5.41, 5.74) is 2.47. The van der Waals surface area contributed by atoms with Gasteiger partial charge in [-0.3, -0.25) is 13.9 Å². The Morgan fingerprint density at radius 3 is 2.15 bits per heavy atom. The van der Waals surface area contributed by atoms with Crippen LogP contribution in [0.25, 0.3) is 0 Å². The summed E-state index contributed by atoms with van der Waals surface area (Å²) in [5.74, 6) is -0.0895. The van der Waals surface area contributed by atoms with Gasteiger partial charge in [0.25, 0.3) is 10.0 Å². The second-order valence-electron chi connectivity index (χ2n) is 11.5. The van der Waals surface area contributed by atoms with Crippen molar-refractivity contribution in [3.63, 3.8) is 0 Å². The molecule has 0 unspecified atom stereocenters. The zero-order valence-electron chi connectivity index (χ0n) is 26.5. The Morgan fingerprint density at radius 1 is 0.870 bits per heavy atom. The molecule has 0 bridgehead atoms. The van der Waals surface area contributed by atoms with Crippen LogP contribution in [0.1, 0.15) is 30.5 Å². The molecule has 242 valence electrons. The number of hydrogen-bond acceptors (Lipinski definition) is 5. The molecule has 0 aliphatic heterocycles. The number of sulfonamides is 1. The molecule has 1 N–H and O–H groups in total. The van der Waals surface area contributed by atoms with Crippen LogP contribution in [-0.2, 0) is 32.6 Å². The van der Waals surface area contributed by atoms with E-state index in [2.05, 4.69) is 5.32 Å². The fraction of sp³-hybridized carbons (Fsp3) is 0.278. The molecule has 0 heterocycles. The summed E-state index contributed by atoms with van der Waals surface area (Å²) in [4.78, 5) is 30.0. The third-order valence-electron chi connectivity index (χ3n) is 7.48. The van der Waals surface area contributed by atoms with Crippen LogP contribution >= 0.6 is 11.6 Å². The Labute approximate surface area is 277 Å². The molecule has 4 aromatic carbocycles. The molecule has 4 aromatic rings. The second kappa shape index (κ2) is 15.8. The third kappa shape index (κ3) is 8.89. The van der Waals surface area contributed by atoms with Gasteiger partial charge < -0.3 is 15.0 Å². The van der Waals surface area contributed by atoms with Gasteiger partial charge >= 0.3 is 0 Å². The number of hydrogen-bond donors (Lipinski definition) is 1. The smallest absolute Gasteiger partial charge is 0.264 e. The Balaban J connectivity index is 1.82. The highest BCUT2D eigenvalue weighted by Crippen LogP contribution is 2.30. The fourth-order valence-electron chi connectivity index (χ4n) is 5.08. The predicted octanol–water partition coefficient (Wildman–Crippen LogP) is 6.26. The first kappa shape index (κ1) is 34.5. The summed E-state index contributed by atoms with van der Waals surface area (Å²) < 4.78 is 34.9. The van der Waals surface area contributed by atoms with Gasteiger partial charge in [-0.05, 0) is 72.0 Å². The van der Waals surface area contributed by atoms with Crippen LogP contribution in [0.2, 0.25) is 5.02 Å². The van der Waals surface area contributed by atoms with Gasteiger partial charge in [0.15, 0.2) is 0 Å². The Kier molecular flexibility index (Phi) is 11.8. The number of carbonyl (C=O) groups excluding carboxylic acids is 2. The number of methoxy groups -OCH3 is 1. The number of halogens is 1. The van der Waals surface area contributed by atoms with Gasteiger partial charge in [-0.2, -0.15) is 0 Å². The van der Waals surface area contributed by atoms with Crippen molar-refractivity contribution in [3.05, 3.63) is 125 Å². The standard InChI is InChI=1S/C36H40ClN3O5S/c1-26(2)23-38-36(42)34(22-28-12-7-5-8-13-28)39(24-29-14-11-15-31(21-29)45-4)35(41)25-40(33-19-18-30(37)20-27(33)3)46(43,44)32-16-9-6-10-17-32/h5-21,26,34H,22-25H2,1-4H3,(H,38,42)/t34-/m1/s1. The lowest BCUT2D eigenvalue weighted by molar-refractivity contribution is -0.140. The van der Waals surface area contributed by atoms with Gasteiger partial charge in [-0.25, -0.2) is 8.42 Å². The van der Waals surface area contributed by atoms with Gasteiger partial charge in [0.2, 0.25) is 11.8 Å². The average molecular weight is 662 g/mol. The number of ether oxygens (including phenoxy) is 1. The minimum Gasteiger partial charge on any atom is -0.497 e. The van der Waals surface area contributed by atoms with Crippen molar-refractivity contribution < 1.29 is 22.7 Å². The summed E-state index contributed by atoms with van der Waals surface area (Å²) in [6.07, 6.45) is 0.228. The van der Waals surface area contributed by atoms with E-state index in [4.69, 9.17) is 16.3 Å². The normalized spacial score (nSPS) is 12.0. The van der Waals surface area contributed by atoms with Crippen LogP contribution in [0.4, 0.5) is 5.69 Å². The van der Waals surface area contributed by atoms with E-state index in [1.807, 2.05) is 56.3 Å². The number of amides is 2. The van der Waals surface area contributed by atoms with Crippen molar-refractivity contribution in [3.8, 4) is 5.75 Å². The fourth-order valence-corrected chi connectivity index (χ4v) is 6.80. The van der Waals surface area contributed by atoms with E-state index in [9.17, 15) is 18.0 Å². The van der Waals surface area contributed by atoms with Crippen LogP contribution in [0.15, 0.2) is 108 Å². The second-order valence-corrected chi connectivity index (χ2v) is 13.8. The van der Waals surface area contributed by atoms with Crippen LogP contribution in [0.5, 0.6) is 5.75 Å². The number of anilines is 1. The zero-order chi connectivity index (χ0) is 33.3. The molecule has 0 radical (unpaired) electrons. The summed E-state index contributed by atoms with van der Waals surface area (Å²) in [6, 6.07) is 28.6. The number of carbonyl (C=O) groups is 2. The van der Waals surface area contributed by atoms with Crippen molar-refractivity contribution in [2.24, 2.45) is 5.92 Å². The number of benzene rings is 4. The maximum absolute atomic E-state index is 14.6. The molecule has 0 saturated heterocycles. The maximum atomic E-state index is 14.6. The molecule has 10 heteroatoms. The predicted molar refractivity (Wildman–Crippen MR) is 182 cm³/mol. The third-order valence-corrected chi connectivity index (χ3v) is 9.49. The zero-order valence-corrected chi connectivity index (χ0v) is 28.1. The number of rotatable bonds is 14. The molecule has 4 rings (SSSR count). The molecule has 0 spiro atoms. The van der Waals surface area contributed by atoms with Crippen LogP contribution in [-0.4, -0.2) is 51.4 Å². The maximum Gasteiger partial charge on any atom is 0.264 e. The molecule has 0 aliphatic carbocycles. The van der Waals surface area contributed by atoms with E-state index >= 15 is 0 Å². The number of aryl methyl sites for hydroxylation is 1. The van der Waals surface area contributed by atoms with Crippen molar-refractivity contribution in [2.45, 2.75) is 44.7 Å². The van der Waals surface area contributed by atoms with Gasteiger partial charge in [-0.15, -0.1) is 0 Å². The molecule has 1 atom stereocenters. The van der Waals surface area contributed by atoms with Crippen molar-refractivity contribution in [1.82, 2.24) is 10.2 Å². The molecule has 0 saturated carbocycles. The van der Waals surface area contributed by atoms with E-state index in [-0.39, 0.29) is 29.7 Å². The van der Waals surface area contributed by atoms with Crippen molar-refractivity contribution >= 4 is 39.1 Å². The minimum atomic E-state index is -4.21. The molecule has 0 aromatic heterocycles. The van der Waals surface area contributed by atoms with Crippen molar-refractivity contribution in [1.29, 1.82) is 0 Å². The van der Waals surface area contributed by atoms with Gasteiger partial charge in [-0.1, -0.05) is 86.1 Å². The first-order valence-electron chi connectivity index (χ1n) is 15.1. The first-order chi connectivity index (χ1) is 22.0. The number of nitrogens with zero attached hydrogens (tertiary/aromatic N) is 2. The first-order valence-corrected chi connectivity index (χ1v) is 16.9. The summed E-state index contributed by atoms with van der Waals surface area (Å²) in [6.45, 7) is 5.64. The van der Waals surface area contributed by atoms with E-state index in [0.717, 1.165) is 15.4 Å². The van der Waals surface area contributed by atoms with E-state index < -0.39 is 28.5 Å². The average Bonchev–Trinajstić information content (AvgIpc) is 3.05. The van der Waals surface area contributed by atoms with E-state index in [1.54, 1.807) is 62.6 Å². The molecular weight excluding hydrogens is 622 g/mol. The lowest BCUT2D eigenvalue weighted by Gasteiger charge is -2.34. The van der Waals surface area contributed by atoms with E-state index in [1.165, 1.54) is 17.0 Å². The summed E-state index contributed by atoms with van der Waals surface area (Å²) >= 11 is 6.23. The molecule has 0 aliphatic rings. The summed E-state index contributed by atoms with van der Waals surface area (Å²) in [5, 5.41) is 3.44. The summed E-state index contributed by atoms with van der Waals surface area (Å²) in [7, 11) is -2.65. The highest BCUT2D eigenvalue weighted by Gasteiger charge is 2.35. The minimum absolute atomic E-state index is 0.0343. The lowest BCUT2D eigenvalue weighted by atomic mass is 10.0. The number of nitrogens with one attached hydrogen (secondary N) is 1. The largest absolute Gasteiger partial charge is 0.497 e. The highest BCUT2D eigenvalue weighted by atomic mass is 35.5. The van der Waals surface area contributed by atoms with E-state index in [0.29, 0.717) is 28.6 Å². The van der Waals surface area contributed by atoms with Crippen LogP contribution < -0.4 is 14.4 Å². The topological polar surface area (TPSA) is 96.0 Å². The Morgan fingerprint density at radius 2 is 1.52 bits per heavy atom.